The molecule has 0 N–H and O–H groups in total. The molecule has 3 saturated heterocycles. The van der Waals surface area contributed by atoms with E-state index >= 15 is 4.39 Å². The number of fused-ring (bicyclic) bond motifs is 3. The van der Waals surface area contributed by atoms with E-state index in [1.54, 1.807) is 11.1 Å². The molecular weight excluding hydrogens is 777 g/mol. The van der Waals surface area contributed by atoms with Crippen molar-refractivity contribution in [3.63, 3.8) is 0 Å². The molecule has 4 aromatic rings. The number of rotatable bonds is 9. The van der Waals surface area contributed by atoms with E-state index in [2.05, 4.69) is 40.8 Å². The number of hydrogen-bond acceptors (Lipinski definition) is 11. The van der Waals surface area contributed by atoms with Gasteiger partial charge >= 0.3 is 6.01 Å². The number of piperidine rings is 1. The van der Waals surface area contributed by atoms with Crippen molar-refractivity contribution in [3.8, 4) is 23.1 Å². The molecule has 6 heterocycles. The quantitative estimate of drug-likeness (QED) is 0.151. The van der Waals surface area contributed by atoms with Crippen LogP contribution in [0.4, 0.5) is 10.2 Å². The van der Waals surface area contributed by atoms with Crippen LogP contribution in [0, 0.1) is 18.2 Å². The van der Waals surface area contributed by atoms with Crippen LogP contribution < -0.4 is 14.4 Å². The predicted octanol–water partition coefficient (Wildman–Crippen LogP) is 9.11. The van der Waals surface area contributed by atoms with Crippen molar-refractivity contribution in [2.45, 2.75) is 122 Å². The average molecular weight is 842 g/mol. The molecule has 12 nitrogen and oxygen atoms in total. The Morgan fingerprint density at radius 2 is 1.90 bits per heavy atom. The first-order valence-corrected chi connectivity index (χ1v) is 24.2. The molecular formula is C43H61ClFN7O5Si. The topological polar surface area (TPSA) is 109 Å². The fourth-order valence-electron chi connectivity index (χ4n) is 9.49. The number of aryl methyl sites for hydroxylation is 1. The van der Waals surface area contributed by atoms with E-state index in [4.69, 9.17) is 59.1 Å². The summed E-state index contributed by atoms with van der Waals surface area (Å²) in [6.07, 6.45) is 8.27. The number of methoxy groups -OCH3 is 1. The fraction of sp³-hybridized carbons (Fsp3) is 0.674. The Kier molecular flexibility index (Phi) is 10.2. The van der Waals surface area contributed by atoms with E-state index in [-0.39, 0.29) is 52.4 Å². The Bertz CT molecular complexity index is 2290. The Hall–Kier alpha value is -3.14. The summed E-state index contributed by atoms with van der Waals surface area (Å²) >= 11 is 7.12. The maximum absolute atomic E-state index is 17.9. The van der Waals surface area contributed by atoms with Crippen molar-refractivity contribution in [3.05, 3.63) is 28.7 Å². The van der Waals surface area contributed by atoms with E-state index in [9.17, 15) is 0 Å². The van der Waals surface area contributed by atoms with Gasteiger partial charge in [-0.05, 0) is 102 Å². The van der Waals surface area contributed by atoms with Gasteiger partial charge in [0.2, 0.25) is 5.88 Å². The lowest BCUT2D eigenvalue weighted by atomic mass is 9.76. The molecule has 1 unspecified atom stereocenters. The zero-order chi connectivity index (χ0) is 43.7. The largest absolute Gasteiger partial charge is 0.480 e. The number of halogens is 2. The highest BCUT2D eigenvalue weighted by atomic mass is 35.5. The molecule has 4 aliphatic rings. The summed E-state index contributed by atoms with van der Waals surface area (Å²) in [7, 11) is -0.794. The average Bonchev–Trinajstić information content (AvgIpc) is 3.77. The predicted molar refractivity (Wildman–Crippen MR) is 228 cm³/mol. The van der Waals surface area contributed by atoms with Crippen molar-refractivity contribution in [1.29, 1.82) is 0 Å². The van der Waals surface area contributed by atoms with Gasteiger partial charge in [0.05, 0.1) is 49.3 Å². The van der Waals surface area contributed by atoms with Crippen LogP contribution in [0.2, 0.25) is 23.2 Å². The lowest BCUT2D eigenvalue weighted by molar-refractivity contribution is -0.0366. The Morgan fingerprint density at radius 1 is 1.09 bits per heavy atom. The number of aromatic nitrogens is 5. The molecule has 4 fully saturated rings. The van der Waals surface area contributed by atoms with Crippen molar-refractivity contribution in [2.75, 3.05) is 65.0 Å². The summed E-state index contributed by atoms with van der Waals surface area (Å²) in [6.45, 7) is 15.6. The lowest BCUT2D eigenvalue weighted by Gasteiger charge is -2.45. The molecule has 58 heavy (non-hydrogen) atoms. The zero-order valence-electron chi connectivity index (χ0n) is 38.3. The molecule has 0 amide bonds. The molecule has 0 bridgehead atoms. The second-order valence-corrected chi connectivity index (χ2v) is 23.8. The minimum atomic E-state index is -2.29. The number of pyridine rings is 1. The van der Waals surface area contributed by atoms with E-state index in [0.29, 0.717) is 61.2 Å². The first-order valence-electron chi connectivity index (χ1n) is 22.4. The van der Waals surface area contributed by atoms with Crippen LogP contribution in [0.1, 0.15) is 95.0 Å². The van der Waals surface area contributed by atoms with E-state index in [1.807, 2.05) is 22.6 Å². The minimum absolute atomic E-state index is 0.0217. The molecule has 4 atom stereocenters. The van der Waals surface area contributed by atoms with Gasteiger partial charge in [-0.25, -0.2) is 14.1 Å². The van der Waals surface area contributed by atoms with Crippen molar-refractivity contribution in [2.24, 2.45) is 5.41 Å². The molecule has 1 aliphatic carbocycles. The summed E-state index contributed by atoms with van der Waals surface area (Å²) < 4.78 is 76.7. The summed E-state index contributed by atoms with van der Waals surface area (Å²) in [5, 5.41) is 5.90. The van der Waals surface area contributed by atoms with Crippen LogP contribution in [0.5, 0.6) is 11.9 Å². The van der Waals surface area contributed by atoms with Gasteiger partial charge < -0.3 is 33.2 Å². The Labute approximate surface area is 352 Å². The Morgan fingerprint density at radius 3 is 2.64 bits per heavy atom. The number of likely N-dealkylation sites (tertiary alicyclic amines) is 1. The third kappa shape index (κ3) is 7.48. The van der Waals surface area contributed by atoms with Gasteiger partial charge in [-0.15, -0.1) is 0 Å². The zero-order valence-corrected chi connectivity index (χ0v) is 37.1. The molecule has 1 saturated carbocycles. The maximum Gasteiger partial charge on any atom is 0.319 e. The number of hydrogen-bond donors (Lipinski definition) is 0. The molecule has 3 aliphatic heterocycles. The number of ether oxygens (including phenoxy) is 4. The van der Waals surface area contributed by atoms with Crippen LogP contribution in [-0.2, 0) is 13.9 Å². The third-order valence-electron chi connectivity index (χ3n) is 13.4. The number of nitrogens with zero attached hydrogens (tertiary/aromatic N) is 7. The van der Waals surface area contributed by atoms with Crippen molar-refractivity contribution < 1.29 is 31.9 Å². The van der Waals surface area contributed by atoms with Gasteiger partial charge in [0, 0.05) is 46.2 Å². The van der Waals surface area contributed by atoms with E-state index in [1.165, 1.54) is 7.11 Å². The molecule has 316 valence electrons. The monoisotopic (exact) mass is 840 g/mol. The van der Waals surface area contributed by atoms with Gasteiger partial charge in [-0.3, -0.25) is 0 Å². The van der Waals surface area contributed by atoms with E-state index < -0.39 is 32.1 Å². The molecule has 0 radical (unpaired) electrons. The lowest BCUT2D eigenvalue weighted by Crippen LogP contribution is -2.54. The van der Waals surface area contributed by atoms with Gasteiger partial charge in [0.25, 0.3) is 0 Å². The smallest absolute Gasteiger partial charge is 0.319 e. The molecule has 8 rings (SSSR count). The molecule has 1 aromatic carbocycles. The summed E-state index contributed by atoms with van der Waals surface area (Å²) in [6, 6.07) is 1.75. The number of anilines is 1. The number of benzene rings is 1. The van der Waals surface area contributed by atoms with Gasteiger partial charge in [-0.1, -0.05) is 38.8 Å². The van der Waals surface area contributed by atoms with Gasteiger partial charge in [0.1, 0.15) is 22.4 Å². The van der Waals surface area contributed by atoms with Gasteiger partial charge in [-0.2, -0.15) is 15.1 Å². The SMILES string of the molecule is [2H]C([2H])([2H])N1CCC[C@@]2(COc3nc(N4CCOC[C@@](C)(O[Si](C)(C)C(C)(C)C)C4)c4c(OC)nc(-c5c(Cl)c(C)cc6c5cnn6C5CCCCO5)c(F)c4n3)CCC[C@@H]12. The van der Waals surface area contributed by atoms with Crippen LogP contribution >= 0.6 is 11.6 Å². The maximum atomic E-state index is 17.9. The standard InChI is InChI=1S/C43H61ClFN7O5Si/c1-27-22-29-28(23-46-52(29)31-15-10-11-20-55-31)32(34(27)44)36-35(45)37-33(39(47-36)53-7)38(51-19-21-54-25-42(5,24-51)57-58(8,9)41(2,3)4)49-40(48-37)56-26-43-16-12-14-30(43)50(6)18-13-17-43/h22-23,30-31H,10-21,24-26H2,1-9H3/t30-,31?,42+,43-/m1/s1/i6D3. The normalized spacial score (nSPS) is 27.3. The first-order chi connectivity index (χ1) is 28.8. The minimum Gasteiger partial charge on any atom is -0.480 e. The molecule has 15 heteroatoms. The van der Waals surface area contributed by atoms with E-state index in [0.717, 1.165) is 62.4 Å². The third-order valence-corrected chi connectivity index (χ3v) is 18.5. The van der Waals surface area contributed by atoms with Crippen LogP contribution in [0.3, 0.4) is 0 Å². The van der Waals surface area contributed by atoms with Crippen LogP contribution in [0.25, 0.3) is 33.1 Å². The molecule has 0 spiro atoms. The Balaban J connectivity index is 1.28. The highest BCUT2D eigenvalue weighted by molar-refractivity contribution is 6.74. The van der Waals surface area contributed by atoms with Gasteiger partial charge in [0.15, 0.2) is 20.4 Å². The highest BCUT2D eigenvalue weighted by Gasteiger charge is 2.48. The summed E-state index contributed by atoms with van der Waals surface area (Å²) in [5.41, 5.74) is 0.618. The van der Waals surface area contributed by atoms with Crippen LogP contribution in [-0.4, -0.2) is 110 Å². The summed E-state index contributed by atoms with van der Waals surface area (Å²) in [5.74, 6) is -0.218. The second-order valence-electron chi connectivity index (χ2n) is 18.7. The van der Waals surface area contributed by atoms with Crippen molar-refractivity contribution in [1.82, 2.24) is 29.6 Å². The summed E-state index contributed by atoms with van der Waals surface area (Å²) in [4.78, 5) is 18.5. The van der Waals surface area contributed by atoms with Crippen molar-refractivity contribution >= 4 is 47.5 Å². The fourth-order valence-corrected chi connectivity index (χ4v) is 11.4. The molecule has 3 aromatic heterocycles. The highest BCUT2D eigenvalue weighted by Crippen LogP contribution is 2.49. The first kappa shape index (κ1) is 37.8. The van der Waals surface area contributed by atoms with Crippen LogP contribution in [0.15, 0.2) is 12.3 Å². The second kappa shape index (κ2) is 15.7.